The van der Waals surface area contributed by atoms with Crippen molar-refractivity contribution in [2.45, 2.75) is 13.5 Å². The third kappa shape index (κ3) is 2.68. The van der Waals surface area contributed by atoms with Crippen molar-refractivity contribution >= 4 is 51.2 Å². The number of rotatable bonds is 3. The Morgan fingerprint density at radius 1 is 1.59 bits per heavy atom. The first-order valence-electron chi connectivity index (χ1n) is 4.96. The Bertz CT molecular complexity index is 570. The Hall–Kier alpha value is -0.890. The number of aromatic nitrogens is 3. The van der Waals surface area contributed by atoms with Gasteiger partial charge in [-0.1, -0.05) is 11.6 Å². The van der Waals surface area contributed by atoms with Crippen LogP contribution in [0, 0.1) is 3.70 Å². The Balaban J connectivity index is 2.38. The van der Waals surface area contributed by atoms with Gasteiger partial charge in [-0.15, -0.1) is 0 Å². The summed E-state index contributed by atoms with van der Waals surface area (Å²) in [6.45, 7) is 2.21. The molecule has 0 aliphatic heterocycles. The lowest BCUT2D eigenvalue weighted by Crippen LogP contribution is -2.14. The summed E-state index contributed by atoms with van der Waals surface area (Å²) in [5, 5.41) is 4.64. The van der Waals surface area contributed by atoms with E-state index in [0.717, 1.165) is 5.52 Å². The Morgan fingerprint density at radius 2 is 2.35 bits per heavy atom. The number of halogens is 2. The summed E-state index contributed by atoms with van der Waals surface area (Å²) < 4.78 is 7.16. The topological polar surface area (TPSA) is 57.0 Å². The maximum atomic E-state index is 11.4. The maximum Gasteiger partial charge on any atom is 0.327 e. The number of nitrogens with zero attached hydrogens (tertiary/aromatic N) is 3. The maximum absolute atomic E-state index is 11.4. The minimum Gasteiger partial charge on any atom is -0.465 e. The number of pyridine rings is 1. The summed E-state index contributed by atoms with van der Waals surface area (Å²) in [5.74, 6) is -0.316. The van der Waals surface area contributed by atoms with Gasteiger partial charge in [0, 0.05) is 0 Å². The van der Waals surface area contributed by atoms with Gasteiger partial charge in [0.1, 0.15) is 20.9 Å². The van der Waals surface area contributed by atoms with Crippen molar-refractivity contribution in [3.8, 4) is 0 Å². The third-order valence-electron chi connectivity index (χ3n) is 2.11. The summed E-state index contributed by atoms with van der Waals surface area (Å²) in [6, 6.07) is 3.46. The molecule has 0 spiro atoms. The lowest BCUT2D eigenvalue weighted by Gasteiger charge is -2.02. The highest BCUT2D eigenvalue weighted by Crippen LogP contribution is 2.20. The van der Waals surface area contributed by atoms with E-state index in [4.69, 9.17) is 16.3 Å². The van der Waals surface area contributed by atoms with Gasteiger partial charge in [0.05, 0.1) is 12.1 Å². The number of fused-ring (bicyclic) bond motifs is 1. The van der Waals surface area contributed by atoms with Crippen LogP contribution in [0.25, 0.3) is 11.0 Å². The van der Waals surface area contributed by atoms with Crippen LogP contribution in [-0.2, 0) is 16.1 Å². The van der Waals surface area contributed by atoms with Gasteiger partial charge >= 0.3 is 5.97 Å². The predicted molar refractivity (Wildman–Crippen MR) is 71.9 cm³/mol. The van der Waals surface area contributed by atoms with E-state index in [1.54, 1.807) is 23.7 Å². The molecule has 0 aromatic carbocycles. The molecule has 2 rings (SSSR count). The largest absolute Gasteiger partial charge is 0.465 e. The Labute approximate surface area is 116 Å². The van der Waals surface area contributed by atoms with Crippen molar-refractivity contribution in [1.82, 2.24) is 14.8 Å². The zero-order chi connectivity index (χ0) is 12.4. The molecule has 0 atom stereocenters. The molecule has 2 aromatic rings. The van der Waals surface area contributed by atoms with E-state index >= 15 is 0 Å². The number of ether oxygens (including phenoxy) is 1. The van der Waals surface area contributed by atoms with Crippen molar-refractivity contribution in [3.63, 3.8) is 0 Å². The molecule has 5 nitrogen and oxygen atoms in total. The third-order valence-corrected chi connectivity index (χ3v) is 3.04. The predicted octanol–water partition coefficient (Wildman–Crippen LogP) is 2.25. The molecule has 17 heavy (non-hydrogen) atoms. The monoisotopic (exact) mass is 365 g/mol. The van der Waals surface area contributed by atoms with Crippen LogP contribution >= 0.6 is 34.2 Å². The average molecular weight is 366 g/mol. The first-order valence-corrected chi connectivity index (χ1v) is 6.41. The smallest absolute Gasteiger partial charge is 0.327 e. The molecule has 0 amide bonds. The molecule has 0 aliphatic carbocycles. The van der Waals surface area contributed by atoms with Crippen LogP contribution in [0.3, 0.4) is 0 Å². The zero-order valence-electron chi connectivity index (χ0n) is 8.98. The molecule has 2 aromatic heterocycles. The molecule has 0 N–H and O–H groups in total. The standard InChI is InChI=1S/C10H9ClIN3O2/c1-2-17-8(16)5-15-6-3-4-7(11)13-9(6)10(12)14-15/h3-4H,2,5H2,1H3. The Kier molecular flexibility index (Phi) is 3.82. The highest BCUT2D eigenvalue weighted by atomic mass is 127. The van der Waals surface area contributed by atoms with Crippen LogP contribution in [-0.4, -0.2) is 27.3 Å². The van der Waals surface area contributed by atoms with Gasteiger partial charge in [0.25, 0.3) is 0 Å². The summed E-state index contributed by atoms with van der Waals surface area (Å²) in [5.41, 5.74) is 1.47. The van der Waals surface area contributed by atoms with Crippen LogP contribution < -0.4 is 0 Å². The highest BCUT2D eigenvalue weighted by molar-refractivity contribution is 14.1. The molecule has 7 heteroatoms. The van der Waals surface area contributed by atoms with Crippen molar-refractivity contribution in [2.24, 2.45) is 0 Å². The van der Waals surface area contributed by atoms with E-state index < -0.39 is 0 Å². The molecule has 0 saturated heterocycles. The summed E-state index contributed by atoms with van der Waals surface area (Å²) in [7, 11) is 0. The number of hydrogen-bond acceptors (Lipinski definition) is 4. The van der Waals surface area contributed by atoms with E-state index in [9.17, 15) is 4.79 Å². The molecular weight excluding hydrogens is 356 g/mol. The fraction of sp³-hybridized carbons (Fsp3) is 0.300. The molecule has 2 heterocycles. The summed E-state index contributed by atoms with van der Waals surface area (Å²) in [4.78, 5) is 15.6. The van der Waals surface area contributed by atoms with E-state index in [-0.39, 0.29) is 12.5 Å². The lowest BCUT2D eigenvalue weighted by molar-refractivity contribution is -0.143. The average Bonchev–Trinajstić information content (AvgIpc) is 2.56. The number of carbonyl (C=O) groups excluding carboxylic acids is 1. The first-order chi connectivity index (χ1) is 8.11. The van der Waals surface area contributed by atoms with Crippen molar-refractivity contribution < 1.29 is 9.53 Å². The van der Waals surface area contributed by atoms with Crippen LogP contribution in [0.4, 0.5) is 0 Å². The van der Waals surface area contributed by atoms with E-state index in [0.29, 0.717) is 21.0 Å². The van der Waals surface area contributed by atoms with Crippen molar-refractivity contribution in [2.75, 3.05) is 6.61 Å². The summed E-state index contributed by atoms with van der Waals surface area (Å²) >= 11 is 7.87. The zero-order valence-corrected chi connectivity index (χ0v) is 11.9. The summed E-state index contributed by atoms with van der Waals surface area (Å²) in [6.07, 6.45) is 0. The van der Waals surface area contributed by atoms with Crippen LogP contribution in [0.1, 0.15) is 6.92 Å². The first kappa shape index (κ1) is 12.6. The minimum atomic E-state index is -0.316. The second-order valence-corrected chi connectivity index (χ2v) is 4.66. The highest BCUT2D eigenvalue weighted by Gasteiger charge is 2.13. The van der Waals surface area contributed by atoms with Gasteiger partial charge in [-0.3, -0.25) is 9.48 Å². The van der Waals surface area contributed by atoms with Crippen LogP contribution in [0.15, 0.2) is 12.1 Å². The van der Waals surface area contributed by atoms with Gasteiger partial charge < -0.3 is 4.74 Å². The van der Waals surface area contributed by atoms with Crippen molar-refractivity contribution in [3.05, 3.63) is 21.0 Å². The van der Waals surface area contributed by atoms with Gasteiger partial charge in [-0.25, -0.2) is 4.98 Å². The second kappa shape index (κ2) is 5.18. The number of carbonyl (C=O) groups is 1. The molecule has 0 unspecified atom stereocenters. The van der Waals surface area contributed by atoms with E-state index in [1.165, 1.54) is 0 Å². The minimum absolute atomic E-state index is 0.0800. The van der Waals surface area contributed by atoms with E-state index in [1.807, 2.05) is 0 Å². The normalized spacial score (nSPS) is 10.8. The Morgan fingerprint density at radius 3 is 3.06 bits per heavy atom. The fourth-order valence-electron chi connectivity index (χ4n) is 1.44. The molecule has 0 radical (unpaired) electrons. The van der Waals surface area contributed by atoms with Gasteiger partial charge in [0.2, 0.25) is 0 Å². The lowest BCUT2D eigenvalue weighted by atomic mass is 10.4. The molecule has 0 bridgehead atoms. The quantitative estimate of drug-likeness (QED) is 0.476. The molecule has 0 fully saturated rings. The number of hydrogen-bond donors (Lipinski definition) is 0. The number of esters is 1. The van der Waals surface area contributed by atoms with Crippen LogP contribution in [0.5, 0.6) is 0 Å². The van der Waals surface area contributed by atoms with Gasteiger partial charge in [0.15, 0.2) is 0 Å². The molecule has 90 valence electrons. The van der Waals surface area contributed by atoms with Gasteiger partial charge in [-0.05, 0) is 41.6 Å². The second-order valence-electron chi connectivity index (χ2n) is 3.26. The SMILES string of the molecule is CCOC(=O)Cn1nc(I)c2nc(Cl)ccc21. The molecular formula is C10H9ClIN3O2. The van der Waals surface area contributed by atoms with Gasteiger partial charge in [-0.2, -0.15) is 5.10 Å². The molecule has 0 aliphatic rings. The van der Waals surface area contributed by atoms with E-state index in [2.05, 4.69) is 32.7 Å². The fourth-order valence-corrected chi connectivity index (χ4v) is 2.25. The van der Waals surface area contributed by atoms with Crippen molar-refractivity contribution in [1.29, 1.82) is 0 Å². The molecule has 0 saturated carbocycles. The van der Waals surface area contributed by atoms with Crippen LogP contribution in [0.2, 0.25) is 5.15 Å².